The van der Waals surface area contributed by atoms with Gasteiger partial charge in [-0.25, -0.2) is 0 Å². The Balaban J connectivity index is 1.38. The van der Waals surface area contributed by atoms with Crippen LogP contribution in [0.2, 0.25) is 0 Å². The topological polar surface area (TPSA) is 78.4 Å². The molecule has 0 saturated heterocycles. The number of rotatable bonds is 21. The molecule has 0 radical (unpaired) electrons. The van der Waals surface area contributed by atoms with E-state index in [1.54, 1.807) is 11.8 Å². The molecule has 4 aromatic carbocycles. The molecular formula is C47H60N2O3S. The fourth-order valence-electron chi connectivity index (χ4n) is 7.93. The van der Waals surface area contributed by atoms with Crippen LogP contribution in [0.15, 0.2) is 121 Å². The Morgan fingerprint density at radius 1 is 0.717 bits per heavy atom. The Labute approximate surface area is 322 Å². The van der Waals surface area contributed by atoms with Crippen LogP contribution < -0.4 is 10.6 Å². The van der Waals surface area contributed by atoms with Gasteiger partial charge in [0.15, 0.2) is 0 Å². The summed E-state index contributed by atoms with van der Waals surface area (Å²) < 4.78 is -0.602. The number of amides is 2. The molecule has 5 rings (SSSR count). The minimum absolute atomic E-state index is 0.123. The molecule has 2 unspecified atom stereocenters. The minimum atomic E-state index is -0.904. The normalized spacial score (nSPS) is 15.3. The van der Waals surface area contributed by atoms with Gasteiger partial charge in [-0.2, -0.15) is 0 Å². The van der Waals surface area contributed by atoms with Gasteiger partial charge in [-0.3, -0.25) is 9.59 Å². The number of aliphatic hydroxyl groups is 1. The van der Waals surface area contributed by atoms with Crippen LogP contribution in [0.25, 0.3) is 0 Å². The van der Waals surface area contributed by atoms with Crippen molar-refractivity contribution in [3.63, 3.8) is 0 Å². The van der Waals surface area contributed by atoms with E-state index in [-0.39, 0.29) is 11.8 Å². The summed E-state index contributed by atoms with van der Waals surface area (Å²) in [7, 11) is 0. The van der Waals surface area contributed by atoms with Crippen LogP contribution in [0.3, 0.4) is 0 Å². The highest BCUT2D eigenvalue weighted by Crippen LogP contribution is 2.49. The molecule has 53 heavy (non-hydrogen) atoms. The summed E-state index contributed by atoms with van der Waals surface area (Å²) in [6.45, 7) is 2.72. The van der Waals surface area contributed by atoms with E-state index in [0.717, 1.165) is 68.1 Å². The fraction of sp³-hybridized carbons (Fsp3) is 0.447. The number of nitrogens with one attached hydrogen (secondary N) is 2. The number of carbonyl (C=O) groups is 2. The van der Waals surface area contributed by atoms with Gasteiger partial charge in [0.25, 0.3) is 0 Å². The number of hydrogen-bond donors (Lipinski definition) is 3. The van der Waals surface area contributed by atoms with E-state index >= 15 is 0 Å². The van der Waals surface area contributed by atoms with Crippen LogP contribution in [0.4, 0.5) is 0 Å². The lowest BCUT2D eigenvalue weighted by atomic mass is 9.84. The molecule has 1 aliphatic rings. The van der Waals surface area contributed by atoms with Crippen molar-refractivity contribution in [3.8, 4) is 0 Å². The highest BCUT2D eigenvalue weighted by Gasteiger charge is 2.39. The predicted molar refractivity (Wildman–Crippen MR) is 221 cm³/mol. The van der Waals surface area contributed by atoms with Gasteiger partial charge in [0.2, 0.25) is 11.8 Å². The molecule has 1 aliphatic carbocycles. The second-order valence-electron chi connectivity index (χ2n) is 14.8. The van der Waals surface area contributed by atoms with Crippen LogP contribution in [-0.2, 0) is 20.8 Å². The highest BCUT2D eigenvalue weighted by molar-refractivity contribution is 8.00. The van der Waals surface area contributed by atoms with Gasteiger partial charge in [0.1, 0.15) is 6.04 Å². The van der Waals surface area contributed by atoms with Crippen molar-refractivity contribution in [1.29, 1.82) is 0 Å². The zero-order valence-electron chi connectivity index (χ0n) is 31.6. The Kier molecular flexibility index (Phi) is 16.5. The van der Waals surface area contributed by atoms with Gasteiger partial charge in [-0.15, -0.1) is 11.8 Å². The molecule has 0 aromatic heterocycles. The van der Waals surface area contributed by atoms with E-state index in [1.807, 2.05) is 36.4 Å². The summed E-state index contributed by atoms with van der Waals surface area (Å²) in [5.41, 5.74) is 4.53. The third kappa shape index (κ3) is 11.8. The third-order valence-corrected chi connectivity index (χ3v) is 12.6. The Hall–Kier alpha value is -3.87. The average molecular weight is 733 g/mol. The quantitative estimate of drug-likeness (QED) is 0.0589. The monoisotopic (exact) mass is 732 g/mol. The summed E-state index contributed by atoms with van der Waals surface area (Å²) in [6, 6.07) is 41.0. The van der Waals surface area contributed by atoms with Crippen molar-refractivity contribution in [2.45, 2.75) is 107 Å². The Bertz CT molecular complexity index is 1520. The van der Waals surface area contributed by atoms with Crippen LogP contribution in [-0.4, -0.2) is 41.4 Å². The zero-order valence-corrected chi connectivity index (χ0v) is 32.5. The lowest BCUT2D eigenvalue weighted by molar-refractivity contribution is -0.133. The summed E-state index contributed by atoms with van der Waals surface area (Å²) in [6.07, 6.45) is 12.1. The van der Waals surface area contributed by atoms with E-state index in [0.29, 0.717) is 31.1 Å². The van der Waals surface area contributed by atoms with Gasteiger partial charge < -0.3 is 15.7 Å². The van der Waals surface area contributed by atoms with Gasteiger partial charge in [0, 0.05) is 12.3 Å². The number of carbonyl (C=O) groups excluding carboxylic acids is 2. The molecule has 282 valence electrons. The van der Waals surface area contributed by atoms with Gasteiger partial charge in [-0.1, -0.05) is 192 Å². The summed E-state index contributed by atoms with van der Waals surface area (Å²) in [5, 5.41) is 18.5. The van der Waals surface area contributed by atoms with Crippen molar-refractivity contribution in [2.24, 2.45) is 11.8 Å². The smallest absolute Gasteiger partial charge is 0.242 e. The molecule has 1 fully saturated rings. The van der Waals surface area contributed by atoms with E-state index in [4.69, 9.17) is 0 Å². The lowest BCUT2D eigenvalue weighted by Crippen LogP contribution is -2.51. The molecule has 0 heterocycles. The van der Waals surface area contributed by atoms with Crippen molar-refractivity contribution >= 4 is 23.6 Å². The second-order valence-corrected chi connectivity index (χ2v) is 16.0. The molecule has 6 heteroatoms. The zero-order chi connectivity index (χ0) is 37.1. The van der Waals surface area contributed by atoms with Crippen LogP contribution in [0.1, 0.15) is 106 Å². The van der Waals surface area contributed by atoms with E-state index in [2.05, 4.69) is 102 Å². The van der Waals surface area contributed by atoms with Gasteiger partial charge in [0.05, 0.1) is 16.8 Å². The molecule has 0 bridgehead atoms. The molecule has 5 nitrogen and oxygen atoms in total. The summed E-state index contributed by atoms with van der Waals surface area (Å²) >= 11 is 1.68. The number of unbranched alkanes of at least 4 members (excludes halogenated alkanes) is 4. The molecule has 1 saturated carbocycles. The third-order valence-electron chi connectivity index (χ3n) is 10.9. The second kappa shape index (κ2) is 21.7. The van der Waals surface area contributed by atoms with E-state index < -0.39 is 22.8 Å². The molecule has 0 spiro atoms. The van der Waals surface area contributed by atoms with E-state index in [9.17, 15) is 14.7 Å². The van der Waals surface area contributed by atoms with Crippen molar-refractivity contribution in [1.82, 2.24) is 10.6 Å². The minimum Gasteiger partial charge on any atom is -0.391 e. The first kappa shape index (κ1) is 40.3. The van der Waals surface area contributed by atoms with Gasteiger partial charge in [-0.05, 0) is 47.4 Å². The van der Waals surface area contributed by atoms with Crippen molar-refractivity contribution < 1.29 is 14.7 Å². The number of hydrogen-bond acceptors (Lipinski definition) is 4. The first-order valence-electron chi connectivity index (χ1n) is 20.1. The summed E-state index contributed by atoms with van der Waals surface area (Å²) in [5.74, 6) is -0.207. The van der Waals surface area contributed by atoms with Crippen molar-refractivity contribution in [3.05, 3.63) is 144 Å². The maximum Gasteiger partial charge on any atom is 0.242 e. The number of benzene rings is 4. The summed E-state index contributed by atoms with van der Waals surface area (Å²) in [4.78, 5) is 28.2. The molecule has 3 N–H and O–H groups in total. The SMILES string of the molecule is CCCCCCCC(C(=O)N[C@@H](CC1CCCCC1)C(=O)NCCc1ccccc1)C(O)CSC(c1ccccc1)(c1ccccc1)c1ccccc1. The molecule has 4 aromatic rings. The Morgan fingerprint density at radius 2 is 1.25 bits per heavy atom. The first-order chi connectivity index (χ1) is 26.0. The average Bonchev–Trinajstić information content (AvgIpc) is 3.21. The first-order valence-corrected chi connectivity index (χ1v) is 21.1. The largest absolute Gasteiger partial charge is 0.391 e. The lowest BCUT2D eigenvalue weighted by Gasteiger charge is -2.37. The fourth-order valence-corrected chi connectivity index (χ4v) is 9.49. The molecule has 0 aliphatic heterocycles. The Morgan fingerprint density at radius 3 is 1.79 bits per heavy atom. The van der Waals surface area contributed by atoms with Crippen LogP contribution in [0, 0.1) is 11.8 Å². The maximum absolute atomic E-state index is 14.4. The van der Waals surface area contributed by atoms with Crippen LogP contribution in [0.5, 0.6) is 0 Å². The number of thioether (sulfide) groups is 1. The van der Waals surface area contributed by atoms with Crippen molar-refractivity contribution in [2.75, 3.05) is 12.3 Å². The molecule has 3 atom stereocenters. The van der Waals surface area contributed by atoms with Gasteiger partial charge >= 0.3 is 0 Å². The number of aliphatic hydroxyl groups excluding tert-OH is 1. The van der Waals surface area contributed by atoms with E-state index in [1.165, 1.54) is 24.8 Å². The predicted octanol–water partition coefficient (Wildman–Crippen LogP) is 9.86. The molecule has 2 amide bonds. The highest BCUT2D eigenvalue weighted by atomic mass is 32.2. The standard InChI is InChI=1S/C47H60N2O3S/c1-2-3-4-5-21-32-42(45(51)49-43(35-38-24-13-7-14-25-38)46(52)48-34-33-37-22-11-6-12-23-37)44(50)36-53-47(39-26-15-8-16-27-39,40-28-17-9-18-29-40)41-30-19-10-20-31-41/h6,8-12,15-20,22-23,26-31,38,42-44,50H,2-5,7,13-14,21,24-25,32-36H2,1H3,(H,48,52)(H,49,51)/t42?,43-,44?/m0/s1. The van der Waals surface area contributed by atoms with Crippen LogP contribution >= 0.6 is 11.8 Å². The molecular weight excluding hydrogens is 673 g/mol. The maximum atomic E-state index is 14.4.